The summed E-state index contributed by atoms with van der Waals surface area (Å²) in [7, 11) is 1.11. The molecule has 0 spiro atoms. The van der Waals surface area contributed by atoms with Gasteiger partial charge in [0.1, 0.15) is 6.10 Å². The van der Waals surface area contributed by atoms with Crippen LogP contribution in [0, 0.1) is 0 Å². The minimum Gasteiger partial charge on any atom is -0.468 e. The summed E-state index contributed by atoms with van der Waals surface area (Å²) < 4.78 is 52.4. The lowest BCUT2D eigenvalue weighted by Gasteiger charge is -2.31. The number of esters is 1. The van der Waals surface area contributed by atoms with Crippen LogP contribution < -0.4 is 0 Å². The molecular formula is C10H13F3O4. The largest absolute Gasteiger partial charge is 0.468 e. The summed E-state index contributed by atoms with van der Waals surface area (Å²) >= 11 is 0. The van der Waals surface area contributed by atoms with Gasteiger partial charge in [-0.1, -0.05) is 0 Å². The van der Waals surface area contributed by atoms with Crippen molar-refractivity contribution in [3.63, 3.8) is 0 Å². The molecule has 7 heteroatoms. The van der Waals surface area contributed by atoms with E-state index in [0.29, 0.717) is 0 Å². The highest BCUT2D eigenvalue weighted by molar-refractivity contribution is 5.87. The Morgan fingerprint density at radius 3 is 2.53 bits per heavy atom. The lowest BCUT2D eigenvalue weighted by Crippen LogP contribution is -2.51. The van der Waals surface area contributed by atoms with Gasteiger partial charge in [-0.25, -0.2) is 4.79 Å². The van der Waals surface area contributed by atoms with Crippen LogP contribution in [-0.2, 0) is 19.0 Å². The highest BCUT2D eigenvalue weighted by Crippen LogP contribution is 2.43. The van der Waals surface area contributed by atoms with Crippen LogP contribution in [0.2, 0.25) is 0 Å². The second-order valence-electron chi connectivity index (χ2n) is 3.61. The first-order valence-electron chi connectivity index (χ1n) is 4.93. The molecule has 0 saturated carbocycles. The molecule has 0 aliphatic carbocycles. The molecule has 2 atom stereocenters. The Labute approximate surface area is 96.3 Å². The van der Waals surface area contributed by atoms with Crippen LogP contribution >= 0.6 is 0 Å². The molecule has 1 heterocycles. The topological polar surface area (TPSA) is 44.8 Å². The molecule has 0 fully saturated rings. The molecular weight excluding hydrogens is 241 g/mol. The monoisotopic (exact) mass is 254 g/mol. The Kier molecular flexibility index (Phi) is 3.71. The van der Waals surface area contributed by atoms with E-state index in [1.807, 2.05) is 0 Å². The van der Waals surface area contributed by atoms with Gasteiger partial charge in [-0.3, -0.25) is 0 Å². The van der Waals surface area contributed by atoms with Crippen molar-refractivity contribution in [1.82, 2.24) is 0 Å². The third kappa shape index (κ3) is 2.38. The number of methoxy groups -OCH3 is 1. The van der Waals surface area contributed by atoms with Crippen LogP contribution in [0.4, 0.5) is 13.2 Å². The quantitative estimate of drug-likeness (QED) is 0.720. The zero-order chi connectivity index (χ0) is 13.3. The Balaban J connectivity index is 2.94. The van der Waals surface area contributed by atoms with Gasteiger partial charge in [0.05, 0.1) is 6.61 Å². The highest BCUT2D eigenvalue weighted by atomic mass is 19.4. The van der Waals surface area contributed by atoms with Crippen LogP contribution in [0.25, 0.3) is 0 Å². The molecule has 1 rings (SSSR count). The number of hydrogen-bond donors (Lipinski definition) is 0. The van der Waals surface area contributed by atoms with Crippen molar-refractivity contribution in [3.05, 3.63) is 11.8 Å². The molecule has 1 aliphatic heterocycles. The van der Waals surface area contributed by atoms with Crippen molar-refractivity contribution in [1.29, 1.82) is 0 Å². The Bertz CT molecular complexity index is 337. The second-order valence-corrected chi connectivity index (χ2v) is 3.61. The fourth-order valence-electron chi connectivity index (χ4n) is 1.44. The summed E-state index contributed by atoms with van der Waals surface area (Å²) in [4.78, 5) is 11.3. The van der Waals surface area contributed by atoms with Crippen molar-refractivity contribution in [2.45, 2.75) is 31.7 Å². The maximum absolute atomic E-state index is 12.8. The lowest BCUT2D eigenvalue weighted by molar-refractivity contribution is -0.275. The van der Waals surface area contributed by atoms with E-state index in [-0.39, 0.29) is 6.61 Å². The SMILES string of the molecule is CCOC(=O)C1=C[C@H](OC)[C@](C)(C(F)(F)F)O1. The zero-order valence-electron chi connectivity index (χ0n) is 9.63. The average molecular weight is 254 g/mol. The third-order valence-corrected chi connectivity index (χ3v) is 2.46. The van der Waals surface area contributed by atoms with Gasteiger partial charge in [0.2, 0.25) is 11.4 Å². The van der Waals surface area contributed by atoms with E-state index in [0.717, 1.165) is 20.1 Å². The van der Waals surface area contributed by atoms with Gasteiger partial charge in [-0.05, 0) is 19.9 Å². The standard InChI is InChI=1S/C10H13F3O4/c1-4-16-8(14)6-5-7(15-3)9(2,17-6)10(11,12)13/h5,7H,4H2,1-3H3/t7-,9+/m0/s1. The summed E-state index contributed by atoms with van der Waals surface area (Å²) in [6, 6.07) is 0. The predicted octanol–water partition coefficient (Wildman–Crippen LogP) is 1.80. The maximum Gasteiger partial charge on any atom is 0.430 e. The summed E-state index contributed by atoms with van der Waals surface area (Å²) in [5.41, 5.74) is -2.57. The molecule has 0 aromatic heterocycles. The van der Waals surface area contributed by atoms with Crippen LogP contribution in [0.15, 0.2) is 11.8 Å². The molecule has 0 aromatic rings. The van der Waals surface area contributed by atoms with E-state index < -0.39 is 29.6 Å². The molecule has 0 N–H and O–H groups in total. The highest BCUT2D eigenvalue weighted by Gasteiger charge is 2.62. The number of hydrogen-bond acceptors (Lipinski definition) is 4. The van der Waals surface area contributed by atoms with E-state index in [2.05, 4.69) is 14.2 Å². The van der Waals surface area contributed by atoms with Crippen molar-refractivity contribution < 1.29 is 32.2 Å². The minimum absolute atomic E-state index is 0.0555. The zero-order valence-corrected chi connectivity index (χ0v) is 9.63. The average Bonchev–Trinajstić information content (AvgIpc) is 2.56. The second kappa shape index (κ2) is 4.56. The van der Waals surface area contributed by atoms with Crippen molar-refractivity contribution in [2.75, 3.05) is 13.7 Å². The number of rotatable bonds is 3. The molecule has 98 valence electrons. The molecule has 0 radical (unpaired) electrons. The summed E-state index contributed by atoms with van der Waals surface area (Å²) in [5, 5.41) is 0. The molecule has 17 heavy (non-hydrogen) atoms. The molecule has 0 amide bonds. The van der Waals surface area contributed by atoms with E-state index in [1.54, 1.807) is 6.92 Å². The first-order chi connectivity index (χ1) is 7.76. The number of ether oxygens (including phenoxy) is 3. The predicted molar refractivity (Wildman–Crippen MR) is 51.1 cm³/mol. The van der Waals surface area contributed by atoms with E-state index in [9.17, 15) is 18.0 Å². The number of carbonyl (C=O) groups is 1. The lowest BCUT2D eigenvalue weighted by atomic mass is 10.00. The van der Waals surface area contributed by atoms with Crippen LogP contribution in [-0.4, -0.2) is 37.6 Å². The molecule has 4 nitrogen and oxygen atoms in total. The van der Waals surface area contributed by atoms with Crippen molar-refractivity contribution >= 4 is 5.97 Å². The number of carbonyl (C=O) groups excluding carboxylic acids is 1. The fourth-order valence-corrected chi connectivity index (χ4v) is 1.44. The minimum atomic E-state index is -4.65. The first-order valence-corrected chi connectivity index (χ1v) is 4.93. The molecule has 0 aromatic carbocycles. The Hall–Kier alpha value is -1.24. The van der Waals surface area contributed by atoms with Gasteiger partial charge in [-0.15, -0.1) is 0 Å². The Morgan fingerprint density at radius 1 is 1.59 bits per heavy atom. The Morgan fingerprint density at radius 2 is 2.18 bits per heavy atom. The first kappa shape index (κ1) is 13.8. The maximum atomic E-state index is 12.8. The van der Waals surface area contributed by atoms with Crippen LogP contribution in [0.3, 0.4) is 0 Å². The van der Waals surface area contributed by atoms with Gasteiger partial charge in [0, 0.05) is 7.11 Å². The number of halogens is 3. The summed E-state index contributed by atoms with van der Waals surface area (Å²) in [5.74, 6) is -1.40. The van der Waals surface area contributed by atoms with Crippen molar-refractivity contribution in [3.8, 4) is 0 Å². The molecule has 0 unspecified atom stereocenters. The number of alkyl halides is 3. The van der Waals surface area contributed by atoms with Gasteiger partial charge in [0.15, 0.2) is 0 Å². The normalized spacial score (nSPS) is 28.6. The van der Waals surface area contributed by atoms with Crippen LogP contribution in [0.5, 0.6) is 0 Å². The van der Waals surface area contributed by atoms with Crippen LogP contribution in [0.1, 0.15) is 13.8 Å². The molecule has 1 aliphatic rings. The van der Waals surface area contributed by atoms with Gasteiger partial charge in [0.25, 0.3) is 0 Å². The van der Waals surface area contributed by atoms with Gasteiger partial charge >= 0.3 is 12.1 Å². The molecule has 0 bridgehead atoms. The van der Waals surface area contributed by atoms with E-state index in [4.69, 9.17) is 0 Å². The third-order valence-electron chi connectivity index (χ3n) is 2.46. The van der Waals surface area contributed by atoms with Crippen molar-refractivity contribution in [2.24, 2.45) is 0 Å². The van der Waals surface area contributed by atoms with E-state index in [1.165, 1.54) is 0 Å². The fraction of sp³-hybridized carbons (Fsp3) is 0.700. The summed E-state index contributed by atoms with van der Waals surface area (Å²) in [6.07, 6.45) is -5.05. The van der Waals surface area contributed by atoms with Gasteiger partial charge < -0.3 is 14.2 Å². The summed E-state index contributed by atoms with van der Waals surface area (Å²) in [6.45, 7) is 2.42. The smallest absolute Gasteiger partial charge is 0.430 e. The molecule has 0 saturated heterocycles. The van der Waals surface area contributed by atoms with Gasteiger partial charge in [-0.2, -0.15) is 13.2 Å². The van der Waals surface area contributed by atoms with E-state index >= 15 is 0 Å².